The molecule has 2 heteroatoms. The molecule has 2 unspecified atom stereocenters. The van der Waals surface area contributed by atoms with Gasteiger partial charge in [0.25, 0.3) is 0 Å². The summed E-state index contributed by atoms with van der Waals surface area (Å²) in [6.45, 7) is 12.6. The van der Waals surface area contributed by atoms with Crippen molar-refractivity contribution < 1.29 is 0 Å². The lowest BCUT2D eigenvalue weighted by atomic mass is 9.96. The minimum atomic E-state index is 0.405. The predicted octanol–water partition coefficient (Wildman–Crippen LogP) is 1.62. The van der Waals surface area contributed by atoms with E-state index in [2.05, 4.69) is 38.3 Å². The zero-order valence-corrected chi connectivity index (χ0v) is 9.48. The largest absolute Gasteiger partial charge is 0.315 e. The minimum Gasteiger partial charge on any atom is -0.315 e. The van der Waals surface area contributed by atoms with Gasteiger partial charge in [-0.2, -0.15) is 0 Å². The normalized spacial score (nSPS) is 29.5. The van der Waals surface area contributed by atoms with Crippen LogP contribution in [0.5, 0.6) is 0 Å². The van der Waals surface area contributed by atoms with E-state index in [1.54, 1.807) is 0 Å². The van der Waals surface area contributed by atoms with E-state index < -0.39 is 0 Å². The fourth-order valence-corrected chi connectivity index (χ4v) is 1.77. The number of hydrogen-bond acceptors (Lipinski definition) is 2. The molecule has 0 aliphatic carbocycles. The molecule has 2 N–H and O–H groups in total. The molecule has 2 atom stereocenters. The lowest BCUT2D eigenvalue weighted by Gasteiger charge is -2.22. The van der Waals surface area contributed by atoms with Gasteiger partial charge in [0.1, 0.15) is 0 Å². The Morgan fingerprint density at radius 1 is 1.38 bits per heavy atom. The van der Waals surface area contributed by atoms with Crippen molar-refractivity contribution in [3.05, 3.63) is 0 Å². The predicted molar refractivity (Wildman–Crippen MR) is 57.9 cm³/mol. The van der Waals surface area contributed by atoms with Gasteiger partial charge in [-0.05, 0) is 24.3 Å². The maximum Gasteiger partial charge on any atom is 0.0218 e. The smallest absolute Gasteiger partial charge is 0.0218 e. The van der Waals surface area contributed by atoms with Gasteiger partial charge in [-0.15, -0.1) is 0 Å². The topological polar surface area (TPSA) is 24.1 Å². The van der Waals surface area contributed by atoms with Crippen molar-refractivity contribution in [2.24, 2.45) is 11.3 Å². The summed E-state index contributed by atoms with van der Waals surface area (Å²) in [5, 5.41) is 7.07. The Balaban J connectivity index is 2.12. The first-order valence-corrected chi connectivity index (χ1v) is 5.43. The highest BCUT2D eigenvalue weighted by Crippen LogP contribution is 2.14. The Kier molecular flexibility index (Phi) is 3.74. The zero-order valence-electron chi connectivity index (χ0n) is 9.48. The van der Waals surface area contributed by atoms with E-state index in [1.165, 1.54) is 13.0 Å². The summed E-state index contributed by atoms with van der Waals surface area (Å²) in [6, 6.07) is 0.697. The van der Waals surface area contributed by atoms with E-state index in [0.29, 0.717) is 11.5 Å². The monoisotopic (exact) mass is 184 g/mol. The maximum atomic E-state index is 3.54. The van der Waals surface area contributed by atoms with Crippen LogP contribution in [-0.4, -0.2) is 25.7 Å². The second-order valence-corrected chi connectivity index (χ2v) is 5.52. The molecule has 0 saturated carbocycles. The van der Waals surface area contributed by atoms with Gasteiger partial charge in [-0.1, -0.05) is 27.7 Å². The van der Waals surface area contributed by atoms with Crippen molar-refractivity contribution in [3.8, 4) is 0 Å². The molecule has 0 radical (unpaired) electrons. The first kappa shape index (κ1) is 11.0. The molecule has 0 aromatic heterocycles. The summed E-state index contributed by atoms with van der Waals surface area (Å²) in [6.07, 6.45) is 1.34. The van der Waals surface area contributed by atoms with Crippen LogP contribution in [0.2, 0.25) is 0 Å². The third-order valence-electron chi connectivity index (χ3n) is 2.71. The van der Waals surface area contributed by atoms with Gasteiger partial charge < -0.3 is 10.6 Å². The molecule has 0 aromatic carbocycles. The van der Waals surface area contributed by atoms with Crippen LogP contribution < -0.4 is 10.6 Å². The first-order chi connectivity index (χ1) is 5.99. The fourth-order valence-electron chi connectivity index (χ4n) is 1.77. The van der Waals surface area contributed by atoms with Gasteiger partial charge in [-0.3, -0.25) is 0 Å². The Hall–Kier alpha value is -0.0800. The molecule has 1 rings (SSSR count). The molecule has 0 spiro atoms. The van der Waals surface area contributed by atoms with Crippen LogP contribution >= 0.6 is 0 Å². The molecule has 2 nitrogen and oxygen atoms in total. The second-order valence-electron chi connectivity index (χ2n) is 5.52. The Morgan fingerprint density at radius 2 is 2.08 bits per heavy atom. The van der Waals surface area contributed by atoms with Crippen molar-refractivity contribution in [1.82, 2.24) is 10.6 Å². The summed E-state index contributed by atoms with van der Waals surface area (Å²) < 4.78 is 0. The molecule has 1 fully saturated rings. The number of hydrogen-bond donors (Lipinski definition) is 2. The standard InChI is InChI=1S/C11H24N2/c1-9-5-6-13-10(9)7-12-8-11(2,3)4/h9-10,12-13H,5-8H2,1-4H3. The molecule has 0 bridgehead atoms. The van der Waals surface area contributed by atoms with Crippen molar-refractivity contribution in [3.63, 3.8) is 0 Å². The van der Waals surface area contributed by atoms with E-state index >= 15 is 0 Å². The molecule has 1 heterocycles. The van der Waals surface area contributed by atoms with Gasteiger partial charge in [0.15, 0.2) is 0 Å². The highest BCUT2D eigenvalue weighted by atomic mass is 15.0. The van der Waals surface area contributed by atoms with Crippen LogP contribution in [0.4, 0.5) is 0 Å². The molecule has 13 heavy (non-hydrogen) atoms. The highest BCUT2D eigenvalue weighted by molar-refractivity contribution is 4.83. The molecule has 1 aliphatic heterocycles. The van der Waals surface area contributed by atoms with Crippen LogP contribution in [0.3, 0.4) is 0 Å². The first-order valence-electron chi connectivity index (χ1n) is 5.43. The van der Waals surface area contributed by atoms with E-state index in [-0.39, 0.29) is 0 Å². The summed E-state index contributed by atoms with van der Waals surface area (Å²) in [4.78, 5) is 0. The molecule has 0 aromatic rings. The molecule has 1 saturated heterocycles. The SMILES string of the molecule is CC1CCNC1CNCC(C)(C)C. The highest BCUT2D eigenvalue weighted by Gasteiger charge is 2.22. The number of rotatable bonds is 3. The second kappa shape index (κ2) is 4.43. The van der Waals surface area contributed by atoms with Crippen LogP contribution in [0.1, 0.15) is 34.1 Å². The summed E-state index contributed by atoms with van der Waals surface area (Å²) in [5.41, 5.74) is 0.405. The van der Waals surface area contributed by atoms with E-state index in [0.717, 1.165) is 19.0 Å². The van der Waals surface area contributed by atoms with Crippen molar-refractivity contribution >= 4 is 0 Å². The van der Waals surface area contributed by atoms with Gasteiger partial charge in [0.05, 0.1) is 0 Å². The molecule has 0 amide bonds. The Labute approximate surface area is 82.5 Å². The summed E-state index contributed by atoms with van der Waals surface area (Å²) >= 11 is 0. The van der Waals surface area contributed by atoms with Gasteiger partial charge >= 0.3 is 0 Å². The average molecular weight is 184 g/mol. The van der Waals surface area contributed by atoms with E-state index in [4.69, 9.17) is 0 Å². The quantitative estimate of drug-likeness (QED) is 0.696. The molecule has 78 valence electrons. The van der Waals surface area contributed by atoms with Gasteiger partial charge in [0, 0.05) is 19.1 Å². The van der Waals surface area contributed by atoms with E-state index in [1.807, 2.05) is 0 Å². The molecule has 1 aliphatic rings. The van der Waals surface area contributed by atoms with E-state index in [9.17, 15) is 0 Å². The van der Waals surface area contributed by atoms with Crippen molar-refractivity contribution in [2.75, 3.05) is 19.6 Å². The summed E-state index contributed by atoms with van der Waals surface area (Å²) in [7, 11) is 0. The zero-order chi connectivity index (χ0) is 9.90. The fraction of sp³-hybridized carbons (Fsp3) is 1.00. The van der Waals surface area contributed by atoms with Gasteiger partial charge in [-0.25, -0.2) is 0 Å². The molecular formula is C11H24N2. The average Bonchev–Trinajstić information content (AvgIpc) is 2.34. The third-order valence-corrected chi connectivity index (χ3v) is 2.71. The van der Waals surface area contributed by atoms with Crippen LogP contribution in [0.25, 0.3) is 0 Å². The lowest BCUT2D eigenvalue weighted by molar-refractivity contribution is 0.355. The lowest BCUT2D eigenvalue weighted by Crippen LogP contribution is -2.40. The summed E-state index contributed by atoms with van der Waals surface area (Å²) in [5.74, 6) is 0.840. The third kappa shape index (κ3) is 4.10. The van der Waals surface area contributed by atoms with Crippen LogP contribution in [0, 0.1) is 11.3 Å². The van der Waals surface area contributed by atoms with Crippen LogP contribution in [0.15, 0.2) is 0 Å². The minimum absolute atomic E-state index is 0.405. The van der Waals surface area contributed by atoms with Crippen molar-refractivity contribution in [2.45, 2.75) is 40.2 Å². The van der Waals surface area contributed by atoms with Gasteiger partial charge in [0.2, 0.25) is 0 Å². The Morgan fingerprint density at radius 3 is 2.54 bits per heavy atom. The Bertz CT molecular complexity index is 149. The maximum absolute atomic E-state index is 3.54. The van der Waals surface area contributed by atoms with Crippen molar-refractivity contribution in [1.29, 1.82) is 0 Å². The molecular weight excluding hydrogens is 160 g/mol. The van der Waals surface area contributed by atoms with Crippen LogP contribution in [-0.2, 0) is 0 Å². The number of nitrogens with one attached hydrogen (secondary N) is 2.